The van der Waals surface area contributed by atoms with Crippen LogP contribution in [0.4, 0.5) is 5.69 Å². The van der Waals surface area contributed by atoms with Gasteiger partial charge in [0.1, 0.15) is 5.65 Å². The van der Waals surface area contributed by atoms with Gasteiger partial charge in [-0.25, -0.2) is 8.42 Å². The molecule has 3 aromatic rings. The number of amides is 1. The first-order chi connectivity index (χ1) is 14.7. The number of aryl methyl sites for hydroxylation is 1. The molecule has 1 aromatic carbocycles. The molecule has 1 aliphatic heterocycles. The molecule has 1 amide bonds. The summed E-state index contributed by atoms with van der Waals surface area (Å²) in [7, 11) is -3.56. The largest absolute Gasteiger partial charge is 0.377 e. The molecule has 10 nitrogen and oxygen atoms in total. The molecule has 11 heteroatoms. The number of H-pyrrole nitrogens is 1. The second-order valence-electron chi connectivity index (χ2n) is 7.56. The minimum absolute atomic E-state index is 0.205. The van der Waals surface area contributed by atoms with Gasteiger partial charge in [0.2, 0.25) is 10.0 Å². The number of rotatable bonds is 4. The number of sulfonamides is 1. The van der Waals surface area contributed by atoms with E-state index in [0.717, 1.165) is 11.9 Å². The molecule has 1 atom stereocenters. The van der Waals surface area contributed by atoms with Gasteiger partial charge < -0.3 is 14.6 Å². The third kappa shape index (κ3) is 4.06. The first kappa shape index (κ1) is 21.1. The van der Waals surface area contributed by atoms with E-state index in [-0.39, 0.29) is 29.3 Å². The van der Waals surface area contributed by atoms with Crippen LogP contribution in [0.2, 0.25) is 0 Å². The highest BCUT2D eigenvalue weighted by molar-refractivity contribution is 7.92. The van der Waals surface area contributed by atoms with Crippen LogP contribution in [0.3, 0.4) is 0 Å². The Hall–Kier alpha value is -3.18. The van der Waals surface area contributed by atoms with Crippen LogP contribution in [0.15, 0.2) is 35.1 Å². The summed E-state index contributed by atoms with van der Waals surface area (Å²) in [6.45, 7) is 4.39. The lowest BCUT2D eigenvalue weighted by Crippen LogP contribution is -2.43. The van der Waals surface area contributed by atoms with Crippen molar-refractivity contribution in [3.05, 3.63) is 63.2 Å². The summed E-state index contributed by atoms with van der Waals surface area (Å²) in [5.74, 6) is -0.351. The van der Waals surface area contributed by atoms with Crippen molar-refractivity contribution >= 4 is 27.3 Å². The summed E-state index contributed by atoms with van der Waals surface area (Å²) in [5.41, 5.74) is 2.56. The Morgan fingerprint density at radius 3 is 2.77 bits per heavy atom. The lowest BCUT2D eigenvalue weighted by Gasteiger charge is -2.35. The summed E-state index contributed by atoms with van der Waals surface area (Å²) in [6, 6.07) is 7.64. The summed E-state index contributed by atoms with van der Waals surface area (Å²) < 4.78 is 32.7. The van der Waals surface area contributed by atoms with E-state index >= 15 is 0 Å². The average molecular weight is 446 g/mol. The Balaban J connectivity index is 1.74. The minimum atomic E-state index is -3.56. The normalized spacial score (nSPS) is 17.1. The van der Waals surface area contributed by atoms with E-state index in [0.29, 0.717) is 30.1 Å². The number of para-hydroxylation sites is 1. The first-order valence-electron chi connectivity index (χ1n) is 9.70. The van der Waals surface area contributed by atoms with E-state index in [4.69, 9.17) is 4.74 Å². The lowest BCUT2D eigenvalue weighted by molar-refractivity contribution is -0.00391. The monoisotopic (exact) mass is 445 g/mol. The van der Waals surface area contributed by atoms with E-state index < -0.39 is 16.1 Å². The molecule has 31 heavy (non-hydrogen) atoms. The molecule has 1 aliphatic rings. The number of hydrogen-bond donors (Lipinski definition) is 2. The Kier molecular flexibility index (Phi) is 5.31. The van der Waals surface area contributed by atoms with Crippen LogP contribution >= 0.6 is 0 Å². The Bertz CT molecular complexity index is 1330. The number of hydrogen-bond acceptors (Lipinski definition) is 6. The standard InChI is InChI=1S/C20H23N5O5S/c1-12-13(2)21-18-10-16(22-25(18)19(12)26)17-11-30-9-8-24(17)20(27)14-6-4-5-7-15(14)23-31(3,28)29/h4-7,10,17,21,23H,8-9,11H2,1-3H3/t17-/m0/s1. The zero-order chi connectivity index (χ0) is 22.3. The number of nitrogens with zero attached hydrogens (tertiary/aromatic N) is 3. The van der Waals surface area contributed by atoms with Crippen LogP contribution < -0.4 is 10.3 Å². The number of benzene rings is 1. The zero-order valence-corrected chi connectivity index (χ0v) is 18.2. The van der Waals surface area contributed by atoms with E-state index in [1.165, 1.54) is 4.52 Å². The molecular formula is C20H23N5O5S. The van der Waals surface area contributed by atoms with Crippen LogP contribution in [0.5, 0.6) is 0 Å². The number of anilines is 1. The van der Waals surface area contributed by atoms with Crippen molar-refractivity contribution in [2.75, 3.05) is 30.7 Å². The number of ether oxygens (including phenoxy) is 1. The number of carbonyl (C=O) groups excluding carboxylic acids is 1. The lowest BCUT2D eigenvalue weighted by atomic mass is 10.1. The van der Waals surface area contributed by atoms with E-state index in [9.17, 15) is 18.0 Å². The quantitative estimate of drug-likeness (QED) is 0.622. The second-order valence-corrected chi connectivity index (χ2v) is 9.30. The molecule has 0 aliphatic carbocycles. The van der Waals surface area contributed by atoms with Crippen LogP contribution in [0, 0.1) is 13.8 Å². The number of morpholine rings is 1. The average Bonchev–Trinajstić information content (AvgIpc) is 3.15. The molecule has 0 spiro atoms. The highest BCUT2D eigenvalue weighted by Gasteiger charge is 2.32. The van der Waals surface area contributed by atoms with Gasteiger partial charge >= 0.3 is 0 Å². The SMILES string of the molecule is Cc1[nH]c2cc([C@@H]3COCCN3C(=O)c3ccccc3NS(C)(=O)=O)nn2c(=O)c1C. The van der Waals surface area contributed by atoms with Crippen LogP contribution in [-0.2, 0) is 14.8 Å². The predicted octanol–water partition coefficient (Wildman–Crippen LogP) is 1.22. The molecule has 1 saturated heterocycles. The second kappa shape index (κ2) is 7.82. The molecular weight excluding hydrogens is 422 g/mol. The molecule has 2 aromatic heterocycles. The fraction of sp³-hybridized carbons (Fsp3) is 0.350. The molecule has 3 heterocycles. The molecule has 0 radical (unpaired) electrons. The Morgan fingerprint density at radius 2 is 2.03 bits per heavy atom. The summed E-state index contributed by atoms with van der Waals surface area (Å²) in [5, 5.41) is 4.43. The van der Waals surface area contributed by atoms with Gasteiger partial charge in [-0.05, 0) is 26.0 Å². The fourth-order valence-corrected chi connectivity index (χ4v) is 4.19. The number of carbonyl (C=O) groups is 1. The van der Waals surface area contributed by atoms with Gasteiger partial charge in [-0.1, -0.05) is 12.1 Å². The van der Waals surface area contributed by atoms with Gasteiger partial charge in [-0.2, -0.15) is 9.61 Å². The molecule has 4 rings (SSSR count). The molecule has 2 N–H and O–H groups in total. The summed E-state index contributed by atoms with van der Waals surface area (Å²) >= 11 is 0. The van der Waals surface area contributed by atoms with Crippen molar-refractivity contribution < 1.29 is 17.9 Å². The maximum absolute atomic E-state index is 13.4. The van der Waals surface area contributed by atoms with Crippen LogP contribution in [-0.4, -0.2) is 59.8 Å². The molecule has 0 bridgehead atoms. The van der Waals surface area contributed by atoms with Crippen molar-refractivity contribution in [1.29, 1.82) is 0 Å². The highest BCUT2D eigenvalue weighted by atomic mass is 32.2. The van der Waals surface area contributed by atoms with Crippen LogP contribution in [0.25, 0.3) is 5.65 Å². The van der Waals surface area contributed by atoms with Crippen molar-refractivity contribution in [3.8, 4) is 0 Å². The number of aromatic amines is 1. The van der Waals surface area contributed by atoms with Crippen molar-refractivity contribution in [3.63, 3.8) is 0 Å². The summed E-state index contributed by atoms with van der Waals surface area (Å²) in [4.78, 5) is 30.7. The Morgan fingerprint density at radius 1 is 1.29 bits per heavy atom. The van der Waals surface area contributed by atoms with E-state index in [1.807, 2.05) is 6.92 Å². The Labute approximate surface area is 178 Å². The fourth-order valence-electron chi connectivity index (χ4n) is 3.62. The van der Waals surface area contributed by atoms with Crippen molar-refractivity contribution in [2.45, 2.75) is 19.9 Å². The highest BCUT2D eigenvalue weighted by Crippen LogP contribution is 2.28. The third-order valence-electron chi connectivity index (χ3n) is 5.30. The van der Waals surface area contributed by atoms with Crippen LogP contribution in [0.1, 0.15) is 33.4 Å². The number of fused-ring (bicyclic) bond motifs is 1. The minimum Gasteiger partial charge on any atom is -0.377 e. The number of nitrogens with one attached hydrogen (secondary N) is 2. The molecule has 0 unspecified atom stereocenters. The van der Waals surface area contributed by atoms with E-state index in [2.05, 4.69) is 14.8 Å². The topological polar surface area (TPSA) is 126 Å². The van der Waals surface area contributed by atoms with Gasteiger partial charge in [-0.15, -0.1) is 0 Å². The molecule has 1 fully saturated rings. The predicted molar refractivity (Wildman–Crippen MR) is 115 cm³/mol. The van der Waals surface area contributed by atoms with Gasteiger partial charge in [-0.3, -0.25) is 14.3 Å². The summed E-state index contributed by atoms with van der Waals surface area (Å²) in [6.07, 6.45) is 1.03. The maximum Gasteiger partial charge on any atom is 0.277 e. The van der Waals surface area contributed by atoms with Crippen molar-refractivity contribution in [1.82, 2.24) is 19.5 Å². The smallest absolute Gasteiger partial charge is 0.277 e. The zero-order valence-electron chi connectivity index (χ0n) is 17.4. The molecule has 0 saturated carbocycles. The number of aromatic nitrogens is 3. The van der Waals surface area contributed by atoms with Gasteiger partial charge in [0.15, 0.2) is 0 Å². The third-order valence-corrected chi connectivity index (χ3v) is 5.89. The van der Waals surface area contributed by atoms with Crippen molar-refractivity contribution in [2.24, 2.45) is 0 Å². The maximum atomic E-state index is 13.4. The molecule has 164 valence electrons. The van der Waals surface area contributed by atoms with Gasteiger partial charge in [0, 0.05) is 23.9 Å². The first-order valence-corrected chi connectivity index (χ1v) is 11.6. The van der Waals surface area contributed by atoms with Gasteiger partial charge in [0.05, 0.1) is 42.5 Å². The van der Waals surface area contributed by atoms with E-state index in [1.54, 1.807) is 42.2 Å². The van der Waals surface area contributed by atoms with Gasteiger partial charge in [0.25, 0.3) is 11.5 Å².